The summed E-state index contributed by atoms with van der Waals surface area (Å²) in [6.07, 6.45) is 9.38. The lowest BCUT2D eigenvalue weighted by Crippen LogP contribution is -2.44. The minimum Gasteiger partial charge on any atom is -0.260 e. The Hall–Kier alpha value is -3.95. The van der Waals surface area contributed by atoms with Crippen molar-refractivity contribution in [1.82, 2.24) is 40.8 Å². The minimum atomic E-state index is -0.666. The number of halogens is 2. The molecule has 35 heavy (non-hydrogen) atoms. The third-order valence-corrected chi connectivity index (χ3v) is 7.59. The van der Waals surface area contributed by atoms with Gasteiger partial charge in [-0.15, -0.1) is 15.3 Å². The van der Waals surface area contributed by atoms with Gasteiger partial charge in [-0.1, -0.05) is 32.1 Å². The number of fused-ring (bicyclic) bond motifs is 3. The van der Waals surface area contributed by atoms with E-state index in [4.69, 9.17) is 4.98 Å². The monoisotopic (exact) mass is 472 g/mol. The Kier molecular flexibility index (Phi) is 4.98. The van der Waals surface area contributed by atoms with Gasteiger partial charge in [0.15, 0.2) is 0 Å². The third kappa shape index (κ3) is 3.27. The number of H-pyrrole nitrogens is 1. The van der Waals surface area contributed by atoms with Crippen LogP contribution >= 0.6 is 0 Å². The molecule has 0 amide bonds. The largest absolute Gasteiger partial charge is 0.260 e. The first kappa shape index (κ1) is 21.6. The second kappa shape index (κ2) is 8.07. The first-order chi connectivity index (χ1) is 17.0. The van der Waals surface area contributed by atoms with E-state index in [0.717, 1.165) is 29.8 Å². The number of allylic oxidation sites excluding steroid dienone is 2. The molecule has 0 radical (unpaired) electrons. The fourth-order valence-electron chi connectivity index (χ4n) is 5.57. The van der Waals surface area contributed by atoms with E-state index in [1.54, 1.807) is 18.5 Å². The lowest BCUT2D eigenvalue weighted by molar-refractivity contribution is 0.225. The molecule has 7 rings (SSSR count). The number of hydrogen-bond acceptors (Lipinski definition) is 7. The molecular formula is C25H22F2N8. The molecular weight excluding hydrogens is 450 g/mol. The van der Waals surface area contributed by atoms with Crippen LogP contribution in [0.4, 0.5) is 8.78 Å². The zero-order valence-electron chi connectivity index (χ0n) is 19.2. The van der Waals surface area contributed by atoms with Gasteiger partial charge in [0.05, 0.1) is 34.3 Å². The van der Waals surface area contributed by atoms with Gasteiger partial charge in [0.25, 0.3) is 0 Å². The third-order valence-electron chi connectivity index (χ3n) is 7.59. The van der Waals surface area contributed by atoms with Crippen molar-refractivity contribution in [2.45, 2.75) is 38.0 Å². The molecule has 0 fully saturated rings. The smallest absolute Gasteiger partial charge is 0.224 e. The van der Waals surface area contributed by atoms with Gasteiger partial charge in [-0.05, 0) is 53.7 Å². The summed E-state index contributed by atoms with van der Waals surface area (Å²) in [4.78, 5) is 9.36. The Bertz CT molecular complexity index is 1420. The van der Waals surface area contributed by atoms with Crippen LogP contribution in [0.25, 0.3) is 22.8 Å². The van der Waals surface area contributed by atoms with Crippen molar-refractivity contribution in [3.63, 3.8) is 0 Å². The Labute approximate surface area is 200 Å². The van der Waals surface area contributed by atoms with E-state index >= 15 is 0 Å². The maximum Gasteiger partial charge on any atom is 0.224 e. The zero-order chi connectivity index (χ0) is 24.2. The summed E-state index contributed by atoms with van der Waals surface area (Å²) >= 11 is 0. The Morgan fingerprint density at radius 1 is 1.00 bits per heavy atom. The molecule has 3 aliphatic rings. The summed E-state index contributed by atoms with van der Waals surface area (Å²) in [6.45, 7) is 4.36. The molecule has 4 aromatic rings. The molecule has 0 spiro atoms. The summed E-state index contributed by atoms with van der Waals surface area (Å²) < 4.78 is 29.1. The van der Waals surface area contributed by atoms with Gasteiger partial charge in [-0.2, -0.15) is 10.3 Å². The second-order valence-electron chi connectivity index (χ2n) is 9.30. The highest BCUT2D eigenvalue weighted by Gasteiger charge is 2.50. The molecule has 176 valence electrons. The van der Waals surface area contributed by atoms with Crippen molar-refractivity contribution in [2.75, 3.05) is 0 Å². The van der Waals surface area contributed by atoms with Gasteiger partial charge in [0.1, 0.15) is 17.3 Å². The molecule has 3 heterocycles. The van der Waals surface area contributed by atoms with E-state index in [1.165, 1.54) is 18.2 Å². The molecule has 0 aliphatic heterocycles. The van der Waals surface area contributed by atoms with Crippen molar-refractivity contribution in [1.29, 1.82) is 0 Å². The number of tetrazole rings is 1. The maximum atomic E-state index is 14.6. The molecule has 2 bridgehead atoms. The Morgan fingerprint density at radius 2 is 1.83 bits per heavy atom. The molecule has 3 aliphatic carbocycles. The predicted molar refractivity (Wildman–Crippen MR) is 123 cm³/mol. The molecule has 1 N–H and O–H groups in total. The predicted octanol–water partition coefficient (Wildman–Crippen LogP) is 4.40. The first-order valence-corrected chi connectivity index (χ1v) is 11.6. The van der Waals surface area contributed by atoms with Gasteiger partial charge in [0.2, 0.25) is 5.82 Å². The fraction of sp³-hybridized carbons (Fsp3) is 0.320. The van der Waals surface area contributed by atoms with Gasteiger partial charge >= 0.3 is 0 Å². The fourth-order valence-corrected chi connectivity index (χ4v) is 5.57. The van der Waals surface area contributed by atoms with Gasteiger partial charge < -0.3 is 0 Å². The number of hydrogen-bond donors (Lipinski definition) is 1. The zero-order valence-corrected chi connectivity index (χ0v) is 19.2. The van der Waals surface area contributed by atoms with Crippen molar-refractivity contribution in [2.24, 2.45) is 11.8 Å². The Morgan fingerprint density at radius 3 is 2.60 bits per heavy atom. The van der Waals surface area contributed by atoms with Crippen LogP contribution in [-0.4, -0.2) is 40.8 Å². The normalized spacial score (nSPS) is 26.1. The summed E-state index contributed by atoms with van der Waals surface area (Å²) in [7, 11) is 0. The molecule has 4 atom stereocenters. The minimum absolute atomic E-state index is 0.0607. The molecule has 0 saturated carbocycles. The van der Waals surface area contributed by atoms with E-state index < -0.39 is 17.0 Å². The number of aromatic amines is 1. The van der Waals surface area contributed by atoms with Gasteiger partial charge in [-0.3, -0.25) is 4.98 Å². The summed E-state index contributed by atoms with van der Waals surface area (Å²) in [6, 6.07) is 5.58. The number of nitrogens with one attached hydrogen (secondary N) is 1. The van der Waals surface area contributed by atoms with Crippen molar-refractivity contribution < 1.29 is 8.78 Å². The quantitative estimate of drug-likeness (QED) is 0.441. The lowest BCUT2D eigenvalue weighted by Gasteiger charge is -2.46. The first-order valence-electron chi connectivity index (χ1n) is 11.6. The highest BCUT2D eigenvalue weighted by atomic mass is 19.1. The van der Waals surface area contributed by atoms with E-state index in [2.05, 4.69) is 61.8 Å². The van der Waals surface area contributed by atoms with E-state index in [0.29, 0.717) is 11.5 Å². The lowest BCUT2D eigenvalue weighted by atomic mass is 9.57. The van der Waals surface area contributed by atoms with Crippen LogP contribution in [0.2, 0.25) is 0 Å². The number of aromatic nitrogens is 8. The van der Waals surface area contributed by atoms with E-state index in [9.17, 15) is 8.78 Å². The highest BCUT2D eigenvalue weighted by molar-refractivity contribution is 5.63. The summed E-state index contributed by atoms with van der Waals surface area (Å²) in [5.41, 5.74) is 2.35. The molecule has 3 aromatic heterocycles. The molecule has 0 saturated heterocycles. The topological polar surface area (TPSA) is 106 Å². The SMILES string of the molecule is CC1/C=C/C2CC[C@](c3cncc(-c4nn[nH]n4)n3)(c3nnc(-c4c(F)cccc4F)cc32)C1C. The van der Waals surface area contributed by atoms with Crippen molar-refractivity contribution >= 4 is 0 Å². The maximum absolute atomic E-state index is 14.6. The van der Waals surface area contributed by atoms with Crippen LogP contribution in [0, 0.1) is 23.5 Å². The number of benzene rings is 1. The molecule has 3 unspecified atom stereocenters. The van der Waals surface area contributed by atoms with Gasteiger partial charge in [-0.25, -0.2) is 13.8 Å². The average molecular weight is 473 g/mol. The van der Waals surface area contributed by atoms with Crippen LogP contribution in [0.1, 0.15) is 49.6 Å². The van der Waals surface area contributed by atoms with Gasteiger partial charge in [0, 0.05) is 12.1 Å². The van der Waals surface area contributed by atoms with Crippen LogP contribution in [-0.2, 0) is 5.41 Å². The molecule has 1 aromatic carbocycles. The average Bonchev–Trinajstić information content (AvgIpc) is 3.41. The molecule has 8 nitrogen and oxygen atoms in total. The second-order valence-corrected chi connectivity index (χ2v) is 9.30. The van der Waals surface area contributed by atoms with E-state index in [-0.39, 0.29) is 29.0 Å². The molecule has 10 heteroatoms. The standard InChI is InChI=1S/C25H22F2N8/c1-13-6-7-15-8-9-25(14(13)2,21-12-28-11-20(29-21)24-32-34-35-33-24)23-16(15)10-19(30-31-23)22-17(26)4-3-5-18(22)27/h3-7,10-15H,8-9H2,1-2H3,(H,32,33,34,35)/b7-6+/t13?,14?,15?,25-/m0/s1. The number of nitrogens with zero attached hydrogens (tertiary/aromatic N) is 7. The van der Waals surface area contributed by atoms with Crippen molar-refractivity contribution in [3.05, 3.63) is 77.4 Å². The van der Waals surface area contributed by atoms with E-state index in [1.807, 2.05) is 0 Å². The van der Waals surface area contributed by atoms with Crippen LogP contribution in [0.15, 0.2) is 48.8 Å². The van der Waals surface area contributed by atoms with Crippen LogP contribution < -0.4 is 0 Å². The van der Waals surface area contributed by atoms with Crippen LogP contribution in [0.5, 0.6) is 0 Å². The van der Waals surface area contributed by atoms with Crippen molar-refractivity contribution in [3.8, 4) is 22.8 Å². The highest BCUT2D eigenvalue weighted by Crippen LogP contribution is 2.54. The van der Waals surface area contributed by atoms with Crippen LogP contribution in [0.3, 0.4) is 0 Å². The number of rotatable bonds is 3. The summed E-state index contributed by atoms with van der Waals surface area (Å²) in [5.74, 6) is -0.591. The summed E-state index contributed by atoms with van der Waals surface area (Å²) in [5, 5.41) is 23.2. The Balaban J connectivity index is 1.58.